The molecule has 6 heteroatoms. The number of hydrogen-bond donors (Lipinski definition) is 2. The Bertz CT molecular complexity index is 407. The zero-order valence-corrected chi connectivity index (χ0v) is 9.78. The number of nitrogens with one attached hydrogen (secondary N) is 1. The van der Waals surface area contributed by atoms with E-state index in [4.69, 9.17) is 16.7 Å². The number of benzene rings is 1. The Balaban J connectivity index is 2.96. The van der Waals surface area contributed by atoms with Gasteiger partial charge in [-0.25, -0.2) is 0 Å². The minimum Gasteiger partial charge on any atom is -0.392 e. The summed E-state index contributed by atoms with van der Waals surface area (Å²) in [5, 5.41) is 22.8. The van der Waals surface area contributed by atoms with Crippen LogP contribution in [0.1, 0.15) is 12.5 Å². The quantitative estimate of drug-likeness (QED) is 0.630. The highest BCUT2D eigenvalue weighted by Gasteiger charge is 2.14. The zero-order chi connectivity index (χ0) is 12.3. The summed E-state index contributed by atoms with van der Waals surface area (Å²) < 4.78 is 0. The first-order valence-electron chi connectivity index (χ1n) is 4.78. The standard InChI is InChI=1S/C10H13ClN2O3/c1-6-3-10(13(15)16)8(11)4-9(6)12-5-7(2)14/h3-4,7,12,14H,5H2,1-2H3. The first-order valence-corrected chi connectivity index (χ1v) is 5.16. The van der Waals surface area contributed by atoms with Gasteiger partial charge in [0.2, 0.25) is 0 Å². The van der Waals surface area contributed by atoms with Gasteiger partial charge in [-0.1, -0.05) is 11.6 Å². The van der Waals surface area contributed by atoms with E-state index >= 15 is 0 Å². The third-order valence-electron chi connectivity index (χ3n) is 2.08. The minimum absolute atomic E-state index is 0.0868. The van der Waals surface area contributed by atoms with E-state index in [2.05, 4.69) is 5.32 Å². The zero-order valence-electron chi connectivity index (χ0n) is 9.03. The van der Waals surface area contributed by atoms with Crippen LogP contribution in [0.4, 0.5) is 11.4 Å². The molecule has 1 unspecified atom stereocenters. The molecule has 0 radical (unpaired) electrons. The van der Waals surface area contributed by atoms with Crippen LogP contribution in [0.2, 0.25) is 5.02 Å². The molecule has 5 nitrogen and oxygen atoms in total. The fourth-order valence-electron chi connectivity index (χ4n) is 1.25. The molecule has 0 heterocycles. The highest BCUT2D eigenvalue weighted by atomic mass is 35.5. The SMILES string of the molecule is Cc1cc([N+](=O)[O-])c(Cl)cc1NCC(C)O. The van der Waals surface area contributed by atoms with Crippen molar-refractivity contribution in [1.29, 1.82) is 0 Å². The first kappa shape index (κ1) is 12.7. The molecule has 2 N–H and O–H groups in total. The number of aliphatic hydroxyl groups excluding tert-OH is 1. The van der Waals surface area contributed by atoms with E-state index in [9.17, 15) is 10.1 Å². The number of halogens is 1. The number of aryl methyl sites for hydroxylation is 1. The fourth-order valence-corrected chi connectivity index (χ4v) is 1.49. The number of nitrogens with zero attached hydrogens (tertiary/aromatic N) is 1. The van der Waals surface area contributed by atoms with Gasteiger partial charge in [0.15, 0.2) is 0 Å². The lowest BCUT2D eigenvalue weighted by Gasteiger charge is -2.11. The second-order valence-corrected chi connectivity index (χ2v) is 4.01. The van der Waals surface area contributed by atoms with Crippen molar-refractivity contribution in [3.8, 4) is 0 Å². The van der Waals surface area contributed by atoms with Crippen LogP contribution in [0.5, 0.6) is 0 Å². The normalized spacial score (nSPS) is 12.2. The average molecular weight is 245 g/mol. The number of nitro groups is 1. The van der Waals surface area contributed by atoms with Gasteiger partial charge in [0.1, 0.15) is 5.02 Å². The lowest BCUT2D eigenvalue weighted by Crippen LogP contribution is -2.15. The van der Waals surface area contributed by atoms with E-state index in [1.807, 2.05) is 0 Å². The minimum atomic E-state index is -0.520. The van der Waals surface area contributed by atoms with Gasteiger partial charge in [-0.2, -0.15) is 0 Å². The summed E-state index contributed by atoms with van der Waals surface area (Å²) in [4.78, 5) is 10.1. The molecule has 0 saturated carbocycles. The topological polar surface area (TPSA) is 75.4 Å². The lowest BCUT2D eigenvalue weighted by atomic mass is 10.1. The maximum absolute atomic E-state index is 10.6. The second kappa shape index (κ2) is 5.14. The number of anilines is 1. The van der Waals surface area contributed by atoms with Crippen LogP contribution in [-0.4, -0.2) is 22.7 Å². The molecule has 0 aromatic heterocycles. The molecule has 0 amide bonds. The van der Waals surface area contributed by atoms with E-state index in [1.54, 1.807) is 13.8 Å². The highest BCUT2D eigenvalue weighted by Crippen LogP contribution is 2.30. The van der Waals surface area contributed by atoms with Crippen molar-refractivity contribution in [2.75, 3.05) is 11.9 Å². The van der Waals surface area contributed by atoms with Crippen molar-refractivity contribution in [2.45, 2.75) is 20.0 Å². The van der Waals surface area contributed by atoms with Crippen LogP contribution in [0.25, 0.3) is 0 Å². The molecule has 0 fully saturated rings. The Morgan fingerprint density at radius 2 is 2.25 bits per heavy atom. The van der Waals surface area contributed by atoms with Crippen molar-refractivity contribution < 1.29 is 10.0 Å². The smallest absolute Gasteiger partial charge is 0.288 e. The molecule has 0 bridgehead atoms. The fraction of sp³-hybridized carbons (Fsp3) is 0.400. The summed E-state index contributed by atoms with van der Waals surface area (Å²) in [5.74, 6) is 0. The molecule has 16 heavy (non-hydrogen) atoms. The number of hydrogen-bond acceptors (Lipinski definition) is 4. The van der Waals surface area contributed by atoms with Gasteiger partial charge in [0, 0.05) is 18.3 Å². The van der Waals surface area contributed by atoms with Crippen molar-refractivity contribution in [1.82, 2.24) is 0 Å². The van der Waals surface area contributed by atoms with Gasteiger partial charge in [0.05, 0.1) is 11.0 Å². The van der Waals surface area contributed by atoms with Crippen LogP contribution >= 0.6 is 11.6 Å². The van der Waals surface area contributed by atoms with Crippen LogP contribution < -0.4 is 5.32 Å². The Kier molecular flexibility index (Phi) is 4.09. The monoisotopic (exact) mass is 244 g/mol. The molecular formula is C10H13ClN2O3. The molecule has 0 spiro atoms. The number of rotatable bonds is 4. The predicted octanol–water partition coefficient (Wildman–Crippen LogP) is 2.35. The van der Waals surface area contributed by atoms with E-state index in [-0.39, 0.29) is 10.7 Å². The maximum Gasteiger partial charge on any atom is 0.288 e. The van der Waals surface area contributed by atoms with Crippen LogP contribution in [0.3, 0.4) is 0 Å². The Morgan fingerprint density at radius 1 is 1.62 bits per heavy atom. The van der Waals surface area contributed by atoms with E-state index in [1.165, 1.54) is 12.1 Å². The van der Waals surface area contributed by atoms with Gasteiger partial charge < -0.3 is 10.4 Å². The molecule has 1 aromatic carbocycles. The van der Waals surface area contributed by atoms with E-state index in [0.29, 0.717) is 12.2 Å². The van der Waals surface area contributed by atoms with Gasteiger partial charge >= 0.3 is 0 Å². The summed E-state index contributed by atoms with van der Waals surface area (Å²) in [7, 11) is 0. The molecule has 0 aliphatic rings. The van der Waals surface area contributed by atoms with Gasteiger partial charge in [-0.3, -0.25) is 10.1 Å². The van der Waals surface area contributed by atoms with E-state index in [0.717, 1.165) is 5.56 Å². The summed E-state index contributed by atoms with van der Waals surface area (Å²) in [6.45, 7) is 3.76. The van der Waals surface area contributed by atoms with Crippen molar-refractivity contribution >= 4 is 23.0 Å². The Morgan fingerprint density at radius 3 is 2.75 bits per heavy atom. The van der Waals surface area contributed by atoms with Crippen LogP contribution in [0, 0.1) is 17.0 Å². The highest BCUT2D eigenvalue weighted by molar-refractivity contribution is 6.33. The van der Waals surface area contributed by atoms with Crippen molar-refractivity contribution in [3.05, 3.63) is 32.8 Å². The third kappa shape index (κ3) is 3.08. The summed E-state index contributed by atoms with van der Waals surface area (Å²) >= 11 is 5.77. The maximum atomic E-state index is 10.6. The Hall–Kier alpha value is -1.33. The summed E-state index contributed by atoms with van der Waals surface area (Å²) in [6.07, 6.45) is -0.492. The van der Waals surface area contributed by atoms with E-state index < -0.39 is 11.0 Å². The third-order valence-corrected chi connectivity index (χ3v) is 2.38. The number of nitro benzene ring substituents is 1. The second-order valence-electron chi connectivity index (χ2n) is 3.61. The molecule has 0 aliphatic carbocycles. The molecule has 1 atom stereocenters. The average Bonchev–Trinajstić information content (AvgIpc) is 2.18. The van der Waals surface area contributed by atoms with Gasteiger partial charge in [-0.15, -0.1) is 0 Å². The first-order chi connectivity index (χ1) is 7.41. The molecule has 1 aromatic rings. The molecule has 88 valence electrons. The van der Waals surface area contributed by atoms with Gasteiger partial charge in [-0.05, 0) is 25.5 Å². The molecule has 0 saturated heterocycles. The predicted molar refractivity (Wildman–Crippen MR) is 63.0 cm³/mol. The molecule has 0 aliphatic heterocycles. The van der Waals surface area contributed by atoms with Crippen molar-refractivity contribution in [3.63, 3.8) is 0 Å². The van der Waals surface area contributed by atoms with Gasteiger partial charge in [0.25, 0.3) is 5.69 Å². The Labute approximate surface area is 98.2 Å². The molecular weight excluding hydrogens is 232 g/mol. The number of aliphatic hydroxyl groups is 1. The largest absolute Gasteiger partial charge is 0.392 e. The lowest BCUT2D eigenvalue weighted by molar-refractivity contribution is -0.384. The summed E-state index contributed by atoms with van der Waals surface area (Å²) in [6, 6.07) is 2.91. The molecule has 1 rings (SSSR count). The van der Waals surface area contributed by atoms with Crippen LogP contribution in [0.15, 0.2) is 12.1 Å². The summed E-state index contributed by atoms with van der Waals surface area (Å²) in [5.41, 5.74) is 1.30. The van der Waals surface area contributed by atoms with Crippen LogP contribution in [-0.2, 0) is 0 Å². The van der Waals surface area contributed by atoms with Crippen molar-refractivity contribution in [2.24, 2.45) is 0 Å².